The van der Waals surface area contributed by atoms with E-state index in [1.54, 1.807) is 7.11 Å². The Hall–Kier alpha value is -0.120. The molecule has 3 nitrogen and oxygen atoms in total. The van der Waals surface area contributed by atoms with Crippen LogP contribution in [0.2, 0.25) is 0 Å². The average Bonchev–Trinajstić information content (AvgIpc) is 2.27. The first kappa shape index (κ1) is 14.9. The number of likely N-dealkylation sites (N-methyl/N-ethyl adjacent to an activating group) is 1. The molecule has 0 amide bonds. The van der Waals surface area contributed by atoms with Crippen molar-refractivity contribution in [3.05, 3.63) is 0 Å². The van der Waals surface area contributed by atoms with Crippen molar-refractivity contribution in [1.82, 2.24) is 10.2 Å². The van der Waals surface area contributed by atoms with Crippen LogP contribution in [0.3, 0.4) is 0 Å². The molecule has 0 aromatic rings. The Balaban J connectivity index is 3.22. The summed E-state index contributed by atoms with van der Waals surface area (Å²) in [5, 5.41) is 3.48. The summed E-state index contributed by atoms with van der Waals surface area (Å²) < 4.78 is 5.07. The minimum Gasteiger partial charge on any atom is -0.383 e. The van der Waals surface area contributed by atoms with Gasteiger partial charge in [0.15, 0.2) is 0 Å². The van der Waals surface area contributed by atoms with Gasteiger partial charge in [-0.3, -0.25) is 0 Å². The summed E-state index contributed by atoms with van der Waals surface area (Å²) >= 11 is 0. The number of nitrogens with zero attached hydrogens (tertiary/aromatic N) is 1. The molecule has 0 aliphatic heterocycles. The standard InChI is InChI=1S/C12H28N2O/c1-4-6-7-8-13-9-10-14(5-2)11-12-15-3/h13H,4-12H2,1-3H3. The van der Waals surface area contributed by atoms with Gasteiger partial charge < -0.3 is 15.0 Å². The van der Waals surface area contributed by atoms with Gasteiger partial charge in [-0.25, -0.2) is 0 Å². The molecule has 1 N–H and O–H groups in total. The van der Waals surface area contributed by atoms with E-state index in [9.17, 15) is 0 Å². The van der Waals surface area contributed by atoms with E-state index in [1.165, 1.54) is 19.3 Å². The number of ether oxygens (including phenoxy) is 1. The molecule has 0 saturated heterocycles. The monoisotopic (exact) mass is 216 g/mol. The van der Waals surface area contributed by atoms with Gasteiger partial charge in [0.05, 0.1) is 6.61 Å². The van der Waals surface area contributed by atoms with Crippen LogP contribution in [0.15, 0.2) is 0 Å². The molecule has 0 aliphatic rings. The van der Waals surface area contributed by atoms with Crippen molar-refractivity contribution in [3.63, 3.8) is 0 Å². The second-order valence-electron chi connectivity index (χ2n) is 3.88. The van der Waals surface area contributed by atoms with Gasteiger partial charge in [0.1, 0.15) is 0 Å². The molecule has 0 fully saturated rings. The van der Waals surface area contributed by atoms with Crippen LogP contribution in [0.1, 0.15) is 33.1 Å². The van der Waals surface area contributed by atoms with Gasteiger partial charge in [-0.15, -0.1) is 0 Å². The molecule has 0 atom stereocenters. The largest absolute Gasteiger partial charge is 0.383 e. The van der Waals surface area contributed by atoms with Crippen LogP contribution in [0.25, 0.3) is 0 Å². The molecule has 0 saturated carbocycles. The Labute approximate surface area is 95.2 Å². The third-order valence-corrected chi connectivity index (χ3v) is 2.62. The lowest BCUT2D eigenvalue weighted by Gasteiger charge is -2.19. The van der Waals surface area contributed by atoms with E-state index >= 15 is 0 Å². The Morgan fingerprint density at radius 1 is 1.07 bits per heavy atom. The Morgan fingerprint density at radius 2 is 1.87 bits per heavy atom. The summed E-state index contributed by atoms with van der Waals surface area (Å²) in [6.07, 6.45) is 3.95. The van der Waals surface area contributed by atoms with Crippen molar-refractivity contribution in [2.75, 3.05) is 46.4 Å². The second kappa shape index (κ2) is 12.0. The molecule has 15 heavy (non-hydrogen) atoms. The Bertz CT molecular complexity index is 120. The highest BCUT2D eigenvalue weighted by atomic mass is 16.5. The molecular weight excluding hydrogens is 188 g/mol. The molecule has 92 valence electrons. The van der Waals surface area contributed by atoms with Gasteiger partial charge in [0, 0.05) is 26.7 Å². The second-order valence-corrected chi connectivity index (χ2v) is 3.88. The number of hydrogen-bond donors (Lipinski definition) is 1. The number of rotatable bonds is 11. The van der Waals surface area contributed by atoms with Gasteiger partial charge in [0.2, 0.25) is 0 Å². The van der Waals surface area contributed by atoms with E-state index in [4.69, 9.17) is 4.74 Å². The first-order valence-corrected chi connectivity index (χ1v) is 6.27. The van der Waals surface area contributed by atoms with Crippen LogP contribution in [0, 0.1) is 0 Å². The summed E-state index contributed by atoms with van der Waals surface area (Å²) in [5.74, 6) is 0. The molecule has 0 aromatic carbocycles. The van der Waals surface area contributed by atoms with Crippen LogP contribution in [0.4, 0.5) is 0 Å². The van der Waals surface area contributed by atoms with E-state index in [0.717, 1.165) is 39.3 Å². The maximum Gasteiger partial charge on any atom is 0.0589 e. The minimum absolute atomic E-state index is 0.837. The number of methoxy groups -OCH3 is 1. The third kappa shape index (κ3) is 10.2. The van der Waals surface area contributed by atoms with Gasteiger partial charge >= 0.3 is 0 Å². The SMILES string of the molecule is CCCCCNCCN(CC)CCOC. The molecule has 0 bridgehead atoms. The number of unbranched alkanes of at least 4 members (excludes halogenated alkanes) is 2. The summed E-state index contributed by atoms with van der Waals surface area (Å²) in [6, 6.07) is 0. The highest BCUT2D eigenvalue weighted by Crippen LogP contribution is 1.91. The van der Waals surface area contributed by atoms with Crippen molar-refractivity contribution in [2.45, 2.75) is 33.1 Å². The zero-order valence-electron chi connectivity index (χ0n) is 10.7. The first-order chi connectivity index (χ1) is 7.35. The van der Waals surface area contributed by atoms with E-state index in [0.29, 0.717) is 0 Å². The van der Waals surface area contributed by atoms with Gasteiger partial charge in [-0.1, -0.05) is 26.7 Å². The molecule has 3 heteroatoms. The third-order valence-electron chi connectivity index (χ3n) is 2.62. The maximum atomic E-state index is 5.07. The average molecular weight is 216 g/mol. The molecular formula is C12H28N2O. The summed E-state index contributed by atoms with van der Waals surface area (Å²) in [6.45, 7) is 10.8. The van der Waals surface area contributed by atoms with Crippen molar-refractivity contribution >= 4 is 0 Å². The Morgan fingerprint density at radius 3 is 2.47 bits per heavy atom. The van der Waals surface area contributed by atoms with Crippen molar-refractivity contribution in [2.24, 2.45) is 0 Å². The molecule has 0 spiro atoms. The molecule has 0 heterocycles. The Kier molecular flexibility index (Phi) is 11.9. The highest BCUT2D eigenvalue weighted by molar-refractivity contribution is 4.57. The van der Waals surface area contributed by atoms with Gasteiger partial charge in [-0.2, -0.15) is 0 Å². The lowest BCUT2D eigenvalue weighted by Crippen LogP contribution is -2.34. The van der Waals surface area contributed by atoms with Crippen LogP contribution in [-0.2, 0) is 4.74 Å². The lowest BCUT2D eigenvalue weighted by molar-refractivity contribution is 0.151. The summed E-state index contributed by atoms with van der Waals surface area (Å²) in [5.41, 5.74) is 0. The molecule has 0 aliphatic carbocycles. The van der Waals surface area contributed by atoms with E-state index in [1.807, 2.05) is 0 Å². The molecule has 0 unspecified atom stereocenters. The van der Waals surface area contributed by atoms with Crippen molar-refractivity contribution in [3.8, 4) is 0 Å². The fourth-order valence-electron chi connectivity index (χ4n) is 1.51. The van der Waals surface area contributed by atoms with Crippen LogP contribution in [-0.4, -0.2) is 51.3 Å². The van der Waals surface area contributed by atoms with Crippen LogP contribution in [0.5, 0.6) is 0 Å². The zero-order chi connectivity index (χ0) is 11.4. The smallest absolute Gasteiger partial charge is 0.0589 e. The fraction of sp³-hybridized carbons (Fsp3) is 1.00. The number of hydrogen-bond acceptors (Lipinski definition) is 3. The first-order valence-electron chi connectivity index (χ1n) is 6.27. The predicted octanol–water partition coefficient (Wildman–Crippen LogP) is 1.73. The molecule has 0 aromatic heterocycles. The summed E-state index contributed by atoms with van der Waals surface area (Å²) in [4.78, 5) is 2.41. The van der Waals surface area contributed by atoms with E-state index in [-0.39, 0.29) is 0 Å². The lowest BCUT2D eigenvalue weighted by atomic mass is 10.2. The predicted molar refractivity (Wildman–Crippen MR) is 66.4 cm³/mol. The fourth-order valence-corrected chi connectivity index (χ4v) is 1.51. The van der Waals surface area contributed by atoms with Gasteiger partial charge in [-0.05, 0) is 19.5 Å². The highest BCUT2D eigenvalue weighted by Gasteiger charge is 2.00. The van der Waals surface area contributed by atoms with E-state index < -0.39 is 0 Å². The molecule has 0 rings (SSSR count). The number of nitrogens with one attached hydrogen (secondary N) is 1. The van der Waals surface area contributed by atoms with Crippen LogP contribution >= 0.6 is 0 Å². The topological polar surface area (TPSA) is 24.5 Å². The quantitative estimate of drug-likeness (QED) is 0.532. The van der Waals surface area contributed by atoms with Crippen molar-refractivity contribution in [1.29, 1.82) is 0 Å². The van der Waals surface area contributed by atoms with E-state index in [2.05, 4.69) is 24.1 Å². The molecule has 0 radical (unpaired) electrons. The zero-order valence-corrected chi connectivity index (χ0v) is 10.7. The normalized spacial score (nSPS) is 11.2. The summed E-state index contributed by atoms with van der Waals surface area (Å²) in [7, 11) is 1.76. The minimum atomic E-state index is 0.837. The van der Waals surface area contributed by atoms with Crippen molar-refractivity contribution < 1.29 is 4.74 Å². The van der Waals surface area contributed by atoms with Gasteiger partial charge in [0.25, 0.3) is 0 Å². The maximum absolute atomic E-state index is 5.07. The van der Waals surface area contributed by atoms with Crippen LogP contribution < -0.4 is 5.32 Å².